The van der Waals surface area contributed by atoms with Gasteiger partial charge in [0.2, 0.25) is 11.8 Å². The zero-order valence-electron chi connectivity index (χ0n) is 10.9. The summed E-state index contributed by atoms with van der Waals surface area (Å²) in [5.74, 6) is 0.421. The van der Waals surface area contributed by atoms with Gasteiger partial charge in [0.25, 0.3) is 0 Å². The number of aromatic nitrogens is 3. The van der Waals surface area contributed by atoms with Crippen LogP contribution in [0.15, 0.2) is 36.8 Å². The minimum Gasteiger partial charge on any atom is -0.481 e. The zero-order valence-corrected chi connectivity index (χ0v) is 10.9. The van der Waals surface area contributed by atoms with Crippen LogP contribution < -0.4 is 10.1 Å². The van der Waals surface area contributed by atoms with E-state index in [9.17, 15) is 4.79 Å². The Morgan fingerprint density at radius 2 is 2.32 bits per heavy atom. The lowest BCUT2D eigenvalue weighted by atomic mass is 10.2. The van der Waals surface area contributed by atoms with Gasteiger partial charge >= 0.3 is 0 Å². The monoisotopic (exact) mass is 260 g/mol. The summed E-state index contributed by atoms with van der Waals surface area (Å²) in [6.07, 6.45) is 5.05. The summed E-state index contributed by atoms with van der Waals surface area (Å²) < 4.78 is 6.74. The van der Waals surface area contributed by atoms with E-state index in [2.05, 4.69) is 15.4 Å². The molecule has 0 aliphatic rings. The Balaban J connectivity index is 1.97. The van der Waals surface area contributed by atoms with Crippen LogP contribution in [0.25, 0.3) is 0 Å². The van der Waals surface area contributed by atoms with Crippen LogP contribution in [0.2, 0.25) is 0 Å². The average molecular weight is 260 g/mol. The molecule has 1 N–H and O–H groups in total. The van der Waals surface area contributed by atoms with Crippen molar-refractivity contribution in [1.29, 1.82) is 0 Å². The third-order valence-corrected chi connectivity index (χ3v) is 2.80. The number of hydrogen-bond donors (Lipinski definition) is 1. The molecule has 1 atom stereocenters. The third kappa shape index (κ3) is 3.09. The highest BCUT2D eigenvalue weighted by atomic mass is 16.5. The van der Waals surface area contributed by atoms with Crippen molar-refractivity contribution in [3.8, 4) is 5.88 Å². The largest absolute Gasteiger partial charge is 0.481 e. The molecule has 0 saturated carbocycles. The van der Waals surface area contributed by atoms with Crippen molar-refractivity contribution < 1.29 is 9.53 Å². The van der Waals surface area contributed by atoms with Crippen LogP contribution in [0, 0.1) is 0 Å². The van der Waals surface area contributed by atoms with Gasteiger partial charge in [0.15, 0.2) is 0 Å². The number of nitrogens with zero attached hydrogens (tertiary/aromatic N) is 3. The van der Waals surface area contributed by atoms with Crippen LogP contribution in [-0.2, 0) is 11.3 Å². The van der Waals surface area contributed by atoms with Gasteiger partial charge in [0.1, 0.15) is 6.04 Å². The number of carbonyl (C=O) groups excluding carboxylic acids is 1. The SMILES string of the molecule is COc1ncccc1CNC(=O)[C@H](C)n1cccn1. The Morgan fingerprint density at radius 1 is 1.47 bits per heavy atom. The number of hydrogen-bond acceptors (Lipinski definition) is 4. The van der Waals surface area contributed by atoms with Gasteiger partial charge in [0, 0.05) is 30.7 Å². The lowest BCUT2D eigenvalue weighted by Gasteiger charge is -2.13. The standard InChI is InChI=1S/C13H16N4O2/c1-10(17-8-4-7-16-17)12(18)15-9-11-5-3-6-14-13(11)19-2/h3-8,10H,9H2,1-2H3,(H,15,18)/t10-/m0/s1. The summed E-state index contributed by atoms with van der Waals surface area (Å²) in [6, 6.07) is 5.11. The highest BCUT2D eigenvalue weighted by molar-refractivity contribution is 5.79. The lowest BCUT2D eigenvalue weighted by molar-refractivity contribution is -0.124. The molecular formula is C13H16N4O2. The number of methoxy groups -OCH3 is 1. The molecule has 0 fully saturated rings. The molecule has 0 radical (unpaired) electrons. The van der Waals surface area contributed by atoms with E-state index >= 15 is 0 Å². The second-order valence-corrected chi connectivity index (χ2v) is 4.05. The highest BCUT2D eigenvalue weighted by Gasteiger charge is 2.15. The number of amides is 1. The molecule has 6 nitrogen and oxygen atoms in total. The normalized spacial score (nSPS) is 11.9. The van der Waals surface area contributed by atoms with Crippen molar-refractivity contribution in [3.63, 3.8) is 0 Å². The van der Waals surface area contributed by atoms with Crippen LogP contribution in [0.1, 0.15) is 18.5 Å². The molecule has 0 saturated heterocycles. The van der Waals surface area contributed by atoms with E-state index < -0.39 is 0 Å². The molecular weight excluding hydrogens is 244 g/mol. The Labute approximate surface area is 111 Å². The second-order valence-electron chi connectivity index (χ2n) is 4.05. The van der Waals surface area contributed by atoms with E-state index in [1.807, 2.05) is 6.07 Å². The van der Waals surface area contributed by atoms with Gasteiger partial charge < -0.3 is 10.1 Å². The van der Waals surface area contributed by atoms with Crippen molar-refractivity contribution in [3.05, 3.63) is 42.4 Å². The van der Waals surface area contributed by atoms with E-state index in [4.69, 9.17) is 4.74 Å². The van der Waals surface area contributed by atoms with Crippen LogP contribution in [0.5, 0.6) is 5.88 Å². The van der Waals surface area contributed by atoms with Gasteiger partial charge in [-0.15, -0.1) is 0 Å². The first-order valence-corrected chi connectivity index (χ1v) is 5.97. The lowest BCUT2D eigenvalue weighted by Crippen LogP contribution is -2.31. The highest BCUT2D eigenvalue weighted by Crippen LogP contribution is 2.13. The van der Waals surface area contributed by atoms with E-state index in [-0.39, 0.29) is 11.9 Å². The van der Waals surface area contributed by atoms with Crippen LogP contribution >= 0.6 is 0 Å². The fraction of sp³-hybridized carbons (Fsp3) is 0.308. The molecule has 6 heteroatoms. The zero-order chi connectivity index (χ0) is 13.7. The van der Waals surface area contributed by atoms with Crippen molar-refractivity contribution in [2.24, 2.45) is 0 Å². The Morgan fingerprint density at radius 3 is 3.00 bits per heavy atom. The molecule has 0 spiro atoms. The van der Waals surface area contributed by atoms with Crippen molar-refractivity contribution in [2.45, 2.75) is 19.5 Å². The molecule has 0 aliphatic carbocycles. The van der Waals surface area contributed by atoms with Crippen LogP contribution in [0.4, 0.5) is 0 Å². The molecule has 2 aromatic heterocycles. The minimum absolute atomic E-state index is 0.102. The predicted octanol–water partition coefficient (Wildman–Crippen LogP) is 1.16. The number of rotatable bonds is 5. The molecule has 0 aliphatic heterocycles. The van der Waals surface area contributed by atoms with Gasteiger partial charge in [-0.3, -0.25) is 9.48 Å². The van der Waals surface area contributed by atoms with Gasteiger partial charge in [-0.1, -0.05) is 6.07 Å². The number of ether oxygens (including phenoxy) is 1. The first-order valence-electron chi connectivity index (χ1n) is 5.97. The quantitative estimate of drug-likeness (QED) is 0.876. The van der Waals surface area contributed by atoms with Crippen molar-refractivity contribution in [2.75, 3.05) is 7.11 Å². The van der Waals surface area contributed by atoms with Gasteiger partial charge in [-0.2, -0.15) is 5.10 Å². The topological polar surface area (TPSA) is 69.0 Å². The summed E-state index contributed by atoms with van der Waals surface area (Å²) in [4.78, 5) is 16.1. The van der Waals surface area contributed by atoms with Crippen molar-refractivity contribution in [1.82, 2.24) is 20.1 Å². The number of nitrogens with one attached hydrogen (secondary N) is 1. The molecule has 1 amide bonds. The summed E-state index contributed by atoms with van der Waals surface area (Å²) in [7, 11) is 1.56. The van der Waals surface area contributed by atoms with Gasteiger partial charge in [-0.05, 0) is 19.1 Å². The van der Waals surface area contributed by atoms with Gasteiger partial charge in [0.05, 0.1) is 7.11 Å². The van der Waals surface area contributed by atoms with E-state index in [1.54, 1.807) is 49.4 Å². The number of carbonyl (C=O) groups is 1. The van der Waals surface area contributed by atoms with E-state index in [1.165, 1.54) is 0 Å². The number of pyridine rings is 1. The fourth-order valence-corrected chi connectivity index (χ4v) is 1.70. The smallest absolute Gasteiger partial charge is 0.244 e. The molecule has 19 heavy (non-hydrogen) atoms. The Bertz CT molecular complexity index is 539. The van der Waals surface area contributed by atoms with E-state index in [0.29, 0.717) is 12.4 Å². The van der Waals surface area contributed by atoms with E-state index in [0.717, 1.165) is 5.56 Å². The predicted molar refractivity (Wildman–Crippen MR) is 69.6 cm³/mol. The van der Waals surface area contributed by atoms with Gasteiger partial charge in [-0.25, -0.2) is 4.98 Å². The fourth-order valence-electron chi connectivity index (χ4n) is 1.70. The molecule has 0 bridgehead atoms. The maximum absolute atomic E-state index is 12.0. The molecule has 100 valence electrons. The second kappa shape index (κ2) is 5.99. The maximum Gasteiger partial charge on any atom is 0.244 e. The first kappa shape index (κ1) is 13.1. The summed E-state index contributed by atoms with van der Waals surface area (Å²) >= 11 is 0. The molecule has 0 unspecified atom stereocenters. The summed E-state index contributed by atoms with van der Waals surface area (Å²) in [5.41, 5.74) is 0.839. The first-order chi connectivity index (χ1) is 9.22. The summed E-state index contributed by atoms with van der Waals surface area (Å²) in [5, 5.41) is 6.89. The van der Waals surface area contributed by atoms with Crippen molar-refractivity contribution >= 4 is 5.91 Å². The Hall–Kier alpha value is -2.37. The summed E-state index contributed by atoms with van der Waals surface area (Å²) in [6.45, 7) is 2.17. The average Bonchev–Trinajstić information content (AvgIpc) is 2.98. The van der Waals surface area contributed by atoms with Crippen LogP contribution in [0.3, 0.4) is 0 Å². The Kier molecular flexibility index (Phi) is 4.12. The molecule has 2 heterocycles. The molecule has 2 rings (SSSR count). The van der Waals surface area contributed by atoms with Crippen LogP contribution in [-0.4, -0.2) is 27.8 Å². The minimum atomic E-state index is -0.349. The third-order valence-electron chi connectivity index (χ3n) is 2.80. The maximum atomic E-state index is 12.0. The molecule has 0 aromatic carbocycles. The molecule has 2 aromatic rings.